The van der Waals surface area contributed by atoms with E-state index in [4.69, 9.17) is 9.47 Å². The molecule has 2 aliphatic carbocycles. The third-order valence-electron chi connectivity index (χ3n) is 6.51. The van der Waals surface area contributed by atoms with Crippen LogP contribution in [0.4, 0.5) is 4.79 Å². The molecule has 5 nitrogen and oxygen atoms in total. The summed E-state index contributed by atoms with van der Waals surface area (Å²) in [5, 5.41) is 6.30. The van der Waals surface area contributed by atoms with Gasteiger partial charge in [0.05, 0.1) is 13.2 Å². The van der Waals surface area contributed by atoms with Crippen LogP contribution >= 0.6 is 0 Å². The average molecular weight is 344 g/mol. The minimum Gasteiger partial charge on any atom is -0.496 e. The van der Waals surface area contributed by atoms with E-state index >= 15 is 0 Å². The average Bonchev–Trinajstić information content (AvgIpc) is 3.27. The molecule has 1 aliphatic heterocycles. The number of nitrogens with one attached hydrogen (secondary N) is 2. The molecule has 1 aromatic carbocycles. The molecule has 2 amide bonds. The molecule has 1 heterocycles. The summed E-state index contributed by atoms with van der Waals surface area (Å²) in [6.07, 6.45) is 3.51. The number of fused-ring (bicyclic) bond motifs is 1. The summed E-state index contributed by atoms with van der Waals surface area (Å²) in [6, 6.07) is 8.26. The monoisotopic (exact) mass is 344 g/mol. The van der Waals surface area contributed by atoms with Gasteiger partial charge in [-0.05, 0) is 25.3 Å². The Hall–Kier alpha value is -1.75. The quantitative estimate of drug-likeness (QED) is 0.863. The van der Waals surface area contributed by atoms with Crippen LogP contribution in [0.2, 0.25) is 0 Å². The third-order valence-corrected chi connectivity index (χ3v) is 6.51. The van der Waals surface area contributed by atoms with Gasteiger partial charge in [0.25, 0.3) is 0 Å². The van der Waals surface area contributed by atoms with Gasteiger partial charge in [-0.25, -0.2) is 4.79 Å². The van der Waals surface area contributed by atoms with Crippen LogP contribution < -0.4 is 15.4 Å². The van der Waals surface area contributed by atoms with Gasteiger partial charge in [0.1, 0.15) is 5.75 Å². The fourth-order valence-electron chi connectivity index (χ4n) is 4.83. The lowest BCUT2D eigenvalue weighted by molar-refractivity contribution is -0.108. The second-order valence-corrected chi connectivity index (χ2v) is 8.35. The molecule has 25 heavy (non-hydrogen) atoms. The van der Waals surface area contributed by atoms with Crippen molar-refractivity contribution in [3.05, 3.63) is 29.8 Å². The van der Waals surface area contributed by atoms with Crippen LogP contribution in [0.25, 0.3) is 0 Å². The van der Waals surface area contributed by atoms with Crippen LogP contribution in [0.3, 0.4) is 0 Å². The molecule has 0 aromatic heterocycles. The van der Waals surface area contributed by atoms with E-state index in [1.807, 2.05) is 18.2 Å². The van der Waals surface area contributed by atoms with Crippen molar-refractivity contribution >= 4 is 6.03 Å². The van der Waals surface area contributed by atoms with Gasteiger partial charge < -0.3 is 20.1 Å². The zero-order valence-electron chi connectivity index (χ0n) is 15.3. The minimum atomic E-state index is -0.0652. The number of benzene rings is 1. The molecular weight excluding hydrogens is 316 g/mol. The van der Waals surface area contributed by atoms with Crippen molar-refractivity contribution < 1.29 is 14.3 Å². The first-order chi connectivity index (χ1) is 12.0. The third kappa shape index (κ3) is 2.69. The summed E-state index contributed by atoms with van der Waals surface area (Å²) < 4.78 is 11.3. The van der Waals surface area contributed by atoms with Gasteiger partial charge in [0, 0.05) is 41.5 Å². The largest absolute Gasteiger partial charge is 0.496 e. The van der Waals surface area contributed by atoms with Crippen molar-refractivity contribution in [3.8, 4) is 5.75 Å². The molecule has 4 rings (SSSR count). The molecule has 2 saturated carbocycles. The summed E-state index contributed by atoms with van der Waals surface area (Å²) in [7, 11) is 1.70. The molecule has 3 fully saturated rings. The van der Waals surface area contributed by atoms with E-state index in [0.717, 1.165) is 31.6 Å². The van der Waals surface area contributed by atoms with Crippen LogP contribution in [0.5, 0.6) is 5.75 Å². The summed E-state index contributed by atoms with van der Waals surface area (Å²) in [5.74, 6) is 1.37. The number of carbonyl (C=O) groups is 1. The Morgan fingerprint density at radius 1 is 1.32 bits per heavy atom. The van der Waals surface area contributed by atoms with Gasteiger partial charge in [0.2, 0.25) is 0 Å². The molecule has 136 valence electrons. The first-order valence-electron chi connectivity index (χ1n) is 9.27. The normalized spacial score (nSPS) is 30.8. The smallest absolute Gasteiger partial charge is 0.315 e. The van der Waals surface area contributed by atoms with Gasteiger partial charge in [-0.15, -0.1) is 0 Å². The Morgan fingerprint density at radius 2 is 2.08 bits per heavy atom. The lowest BCUT2D eigenvalue weighted by Gasteiger charge is -2.54. The van der Waals surface area contributed by atoms with Crippen LogP contribution in [-0.2, 0) is 10.2 Å². The number of rotatable bonds is 5. The summed E-state index contributed by atoms with van der Waals surface area (Å²) in [5.41, 5.74) is 1.24. The summed E-state index contributed by atoms with van der Waals surface area (Å²) in [4.78, 5) is 12.5. The standard InChI is InChI=1S/C20H28N2O3/c1-19(2)16(13-8-11-25-17(13)19)22-18(23)21-12-20(9-10-20)14-6-4-5-7-15(14)24-3/h4-7,13,16-17H,8-12H2,1-3H3,(H2,21,22,23)/t13-,16+,17-/m0/s1. The minimum absolute atomic E-state index is 0.0123. The molecule has 5 heteroatoms. The van der Waals surface area contributed by atoms with Gasteiger partial charge in [-0.1, -0.05) is 32.0 Å². The zero-order valence-corrected chi connectivity index (χ0v) is 15.3. The Morgan fingerprint density at radius 3 is 2.80 bits per heavy atom. The topological polar surface area (TPSA) is 59.6 Å². The van der Waals surface area contributed by atoms with Crippen LogP contribution in [0.1, 0.15) is 38.7 Å². The molecule has 0 unspecified atom stereocenters. The second kappa shape index (κ2) is 5.90. The van der Waals surface area contributed by atoms with Crippen molar-refractivity contribution in [2.75, 3.05) is 20.3 Å². The fraction of sp³-hybridized carbons (Fsp3) is 0.650. The molecule has 0 radical (unpaired) electrons. The van der Waals surface area contributed by atoms with Crippen molar-refractivity contribution in [3.63, 3.8) is 0 Å². The number of amides is 2. The SMILES string of the molecule is COc1ccccc1C1(CNC(=O)N[C@@H]2[C@@H]3CCO[C@@H]3C2(C)C)CC1. The van der Waals surface area contributed by atoms with Crippen LogP contribution in [-0.4, -0.2) is 38.4 Å². The number of urea groups is 1. The molecule has 3 aliphatic rings. The lowest BCUT2D eigenvalue weighted by Crippen LogP contribution is -2.67. The lowest BCUT2D eigenvalue weighted by atomic mass is 9.57. The van der Waals surface area contributed by atoms with E-state index in [1.165, 1.54) is 5.56 Å². The van der Waals surface area contributed by atoms with E-state index in [2.05, 4.69) is 30.5 Å². The van der Waals surface area contributed by atoms with Crippen LogP contribution in [0.15, 0.2) is 24.3 Å². The van der Waals surface area contributed by atoms with Crippen molar-refractivity contribution in [2.45, 2.75) is 50.7 Å². The second-order valence-electron chi connectivity index (χ2n) is 8.35. The number of methoxy groups -OCH3 is 1. The Balaban J connectivity index is 1.36. The highest BCUT2D eigenvalue weighted by atomic mass is 16.5. The fourth-order valence-corrected chi connectivity index (χ4v) is 4.83. The predicted octanol–water partition coefficient (Wildman–Crippen LogP) is 2.84. The maximum absolute atomic E-state index is 12.5. The first kappa shape index (κ1) is 16.7. The molecule has 0 bridgehead atoms. The zero-order chi connectivity index (χ0) is 17.7. The first-order valence-corrected chi connectivity index (χ1v) is 9.27. The van der Waals surface area contributed by atoms with Gasteiger partial charge in [0.15, 0.2) is 0 Å². The molecule has 0 spiro atoms. The summed E-state index contributed by atoms with van der Waals surface area (Å²) in [6.45, 7) is 5.83. The molecule has 1 aromatic rings. The van der Waals surface area contributed by atoms with E-state index in [1.54, 1.807) is 7.11 Å². The number of carbonyl (C=O) groups excluding carboxylic acids is 1. The Kier molecular flexibility index (Phi) is 3.95. The number of ether oxygens (including phenoxy) is 2. The molecular formula is C20H28N2O3. The van der Waals surface area contributed by atoms with E-state index in [9.17, 15) is 4.79 Å². The number of hydrogen-bond acceptors (Lipinski definition) is 3. The highest BCUT2D eigenvalue weighted by molar-refractivity contribution is 5.75. The van der Waals surface area contributed by atoms with Gasteiger partial charge in [-0.2, -0.15) is 0 Å². The van der Waals surface area contributed by atoms with Gasteiger partial charge in [-0.3, -0.25) is 0 Å². The molecule has 3 atom stereocenters. The van der Waals surface area contributed by atoms with E-state index in [0.29, 0.717) is 18.6 Å². The van der Waals surface area contributed by atoms with E-state index < -0.39 is 0 Å². The maximum atomic E-state index is 12.5. The maximum Gasteiger partial charge on any atom is 0.315 e. The Labute approximate surface area is 149 Å². The van der Waals surface area contributed by atoms with Crippen molar-refractivity contribution in [1.29, 1.82) is 0 Å². The summed E-state index contributed by atoms with van der Waals surface area (Å²) >= 11 is 0. The highest BCUT2D eigenvalue weighted by Gasteiger charge is 2.59. The number of hydrogen-bond donors (Lipinski definition) is 2. The highest BCUT2D eigenvalue weighted by Crippen LogP contribution is 2.52. The van der Waals surface area contributed by atoms with Gasteiger partial charge >= 0.3 is 6.03 Å². The molecule has 1 saturated heterocycles. The number of para-hydroxylation sites is 1. The van der Waals surface area contributed by atoms with Crippen molar-refractivity contribution in [1.82, 2.24) is 10.6 Å². The Bertz CT molecular complexity index is 669. The van der Waals surface area contributed by atoms with Crippen LogP contribution in [0, 0.1) is 11.3 Å². The van der Waals surface area contributed by atoms with Crippen molar-refractivity contribution in [2.24, 2.45) is 11.3 Å². The molecule has 2 N–H and O–H groups in total. The predicted molar refractivity (Wildman–Crippen MR) is 95.9 cm³/mol. The van der Waals surface area contributed by atoms with E-state index in [-0.39, 0.29) is 22.9 Å².